The van der Waals surface area contributed by atoms with E-state index >= 15 is 0 Å². The van der Waals surface area contributed by atoms with Crippen LogP contribution in [0.4, 0.5) is 0 Å². The molecule has 5 rings (SSSR count). The van der Waals surface area contributed by atoms with E-state index in [1.165, 1.54) is 11.3 Å². The van der Waals surface area contributed by atoms with Crippen molar-refractivity contribution < 1.29 is 5.11 Å². The number of benzene rings is 3. The molecule has 1 N–H and O–H groups in total. The van der Waals surface area contributed by atoms with Crippen molar-refractivity contribution in [2.24, 2.45) is 10.2 Å². The van der Waals surface area contributed by atoms with Gasteiger partial charge in [-0.3, -0.25) is 9.36 Å². The van der Waals surface area contributed by atoms with E-state index < -0.39 is 0 Å². The number of phenolic OH excluding ortho intramolecular Hbond substituents is 1. The predicted molar refractivity (Wildman–Crippen MR) is 119 cm³/mol. The first-order chi connectivity index (χ1) is 14.7. The second kappa shape index (κ2) is 7.57. The summed E-state index contributed by atoms with van der Waals surface area (Å²) in [6.07, 6.45) is 1.82. The second-order valence-corrected chi connectivity index (χ2v) is 7.93. The molecule has 1 aromatic heterocycles. The molecule has 146 valence electrons. The van der Waals surface area contributed by atoms with Crippen molar-refractivity contribution in [3.8, 4) is 5.75 Å². The summed E-state index contributed by atoms with van der Waals surface area (Å²) < 4.78 is 2.30. The molecular formula is C24H17N3O2S. The third-order valence-corrected chi connectivity index (χ3v) is 5.95. The zero-order chi connectivity index (χ0) is 20.5. The van der Waals surface area contributed by atoms with Crippen LogP contribution >= 0.6 is 11.3 Å². The summed E-state index contributed by atoms with van der Waals surface area (Å²) in [5.74, 6) is 0.189. The molecule has 0 fully saturated rings. The molecule has 1 aliphatic rings. The van der Waals surface area contributed by atoms with E-state index in [0.29, 0.717) is 9.33 Å². The van der Waals surface area contributed by atoms with Gasteiger partial charge in [0.15, 0.2) is 0 Å². The van der Waals surface area contributed by atoms with E-state index in [1.807, 2.05) is 66.7 Å². The standard InChI is InChI=1S/C24H17N3O2S/c28-19-13-11-16(12-14-19)15-20-23(29)27-22(18-9-5-2-6-10-18)21(25-26-24(27)30-20)17-7-3-1-4-8-17/h1-15,22,28H/t22-/m1/s1. The number of thiazole rings is 1. The molecule has 6 heteroatoms. The van der Waals surface area contributed by atoms with E-state index in [1.54, 1.807) is 28.8 Å². The molecule has 4 aromatic rings. The Morgan fingerprint density at radius 1 is 0.867 bits per heavy atom. The van der Waals surface area contributed by atoms with Gasteiger partial charge in [0, 0.05) is 5.56 Å². The number of aromatic nitrogens is 1. The van der Waals surface area contributed by atoms with Crippen LogP contribution in [0.25, 0.3) is 6.08 Å². The average molecular weight is 411 g/mol. The van der Waals surface area contributed by atoms with Gasteiger partial charge in [-0.25, -0.2) is 0 Å². The Morgan fingerprint density at radius 3 is 2.23 bits per heavy atom. The first kappa shape index (κ1) is 18.3. The van der Waals surface area contributed by atoms with Crippen LogP contribution in [0.1, 0.15) is 22.7 Å². The van der Waals surface area contributed by atoms with Crippen LogP contribution in [0.15, 0.2) is 99.9 Å². The number of nitrogens with zero attached hydrogens (tertiary/aromatic N) is 3. The van der Waals surface area contributed by atoms with Crippen LogP contribution < -0.4 is 14.9 Å². The van der Waals surface area contributed by atoms with E-state index in [2.05, 4.69) is 10.2 Å². The highest BCUT2D eigenvalue weighted by Crippen LogP contribution is 2.23. The summed E-state index contributed by atoms with van der Waals surface area (Å²) >= 11 is 1.32. The van der Waals surface area contributed by atoms with Crippen LogP contribution in [-0.4, -0.2) is 15.4 Å². The maximum atomic E-state index is 13.4. The predicted octanol–water partition coefficient (Wildman–Crippen LogP) is 3.07. The monoisotopic (exact) mass is 411 g/mol. The first-order valence-corrected chi connectivity index (χ1v) is 10.3. The zero-order valence-corrected chi connectivity index (χ0v) is 16.7. The summed E-state index contributed by atoms with van der Waals surface area (Å²) in [7, 11) is 0. The Hall–Kier alpha value is -3.77. The van der Waals surface area contributed by atoms with Crippen molar-refractivity contribution in [2.45, 2.75) is 6.04 Å². The van der Waals surface area contributed by atoms with Gasteiger partial charge in [0.25, 0.3) is 5.56 Å². The Balaban J connectivity index is 1.72. The Morgan fingerprint density at radius 2 is 1.53 bits per heavy atom. The van der Waals surface area contributed by atoms with Crippen molar-refractivity contribution in [3.63, 3.8) is 0 Å². The van der Waals surface area contributed by atoms with Gasteiger partial charge in [0.1, 0.15) is 11.8 Å². The molecule has 0 radical (unpaired) electrons. The number of hydrogen-bond acceptors (Lipinski definition) is 5. The summed E-state index contributed by atoms with van der Waals surface area (Å²) in [6.45, 7) is 0. The summed E-state index contributed by atoms with van der Waals surface area (Å²) in [4.78, 5) is 14.0. The summed E-state index contributed by atoms with van der Waals surface area (Å²) in [5, 5.41) is 18.4. The maximum Gasteiger partial charge on any atom is 0.271 e. The Bertz CT molecular complexity index is 1400. The van der Waals surface area contributed by atoms with Crippen LogP contribution in [0.2, 0.25) is 0 Å². The molecule has 1 atom stereocenters. The fourth-order valence-corrected chi connectivity index (χ4v) is 4.49. The highest BCUT2D eigenvalue weighted by molar-refractivity contribution is 7.07. The topological polar surface area (TPSA) is 66.9 Å². The summed E-state index contributed by atoms with van der Waals surface area (Å²) in [6, 6.07) is 26.1. The Labute approximate surface area is 176 Å². The van der Waals surface area contributed by atoms with E-state index in [-0.39, 0.29) is 17.4 Å². The van der Waals surface area contributed by atoms with E-state index in [4.69, 9.17) is 0 Å². The lowest BCUT2D eigenvalue weighted by Crippen LogP contribution is -2.40. The highest BCUT2D eigenvalue weighted by atomic mass is 32.1. The number of hydrogen-bond donors (Lipinski definition) is 1. The van der Waals surface area contributed by atoms with Gasteiger partial charge in [-0.05, 0) is 29.3 Å². The van der Waals surface area contributed by atoms with Gasteiger partial charge in [0.05, 0.1) is 10.2 Å². The maximum absolute atomic E-state index is 13.4. The minimum absolute atomic E-state index is 0.107. The smallest absolute Gasteiger partial charge is 0.271 e. The second-order valence-electron chi connectivity index (χ2n) is 6.92. The first-order valence-electron chi connectivity index (χ1n) is 9.49. The van der Waals surface area contributed by atoms with Gasteiger partial charge in [-0.15, -0.1) is 10.2 Å². The normalized spacial score (nSPS) is 15.9. The number of fused-ring (bicyclic) bond motifs is 1. The molecule has 0 amide bonds. The summed E-state index contributed by atoms with van der Waals surface area (Å²) in [5.41, 5.74) is 3.38. The number of aromatic hydroxyl groups is 1. The lowest BCUT2D eigenvalue weighted by molar-refractivity contribution is 0.475. The molecule has 2 heterocycles. The van der Waals surface area contributed by atoms with Gasteiger partial charge < -0.3 is 5.11 Å². The highest BCUT2D eigenvalue weighted by Gasteiger charge is 2.28. The third-order valence-electron chi connectivity index (χ3n) is 4.97. The zero-order valence-electron chi connectivity index (χ0n) is 15.8. The molecule has 3 aromatic carbocycles. The van der Waals surface area contributed by atoms with Crippen LogP contribution in [-0.2, 0) is 0 Å². The largest absolute Gasteiger partial charge is 0.508 e. The van der Waals surface area contributed by atoms with Crippen molar-refractivity contribution >= 4 is 23.1 Å². The molecule has 5 nitrogen and oxygen atoms in total. The minimum atomic E-state index is -0.355. The van der Waals surface area contributed by atoms with Crippen molar-refractivity contribution in [1.82, 2.24) is 4.57 Å². The van der Waals surface area contributed by atoms with Crippen molar-refractivity contribution in [3.05, 3.63) is 121 Å². The van der Waals surface area contributed by atoms with Crippen LogP contribution in [0, 0.1) is 0 Å². The molecule has 0 saturated carbocycles. The molecule has 1 aliphatic heterocycles. The minimum Gasteiger partial charge on any atom is -0.508 e. The van der Waals surface area contributed by atoms with Gasteiger partial charge >= 0.3 is 0 Å². The van der Waals surface area contributed by atoms with Crippen molar-refractivity contribution in [2.75, 3.05) is 0 Å². The molecule has 0 saturated heterocycles. The molecular weight excluding hydrogens is 394 g/mol. The lowest BCUT2D eigenvalue weighted by Gasteiger charge is -2.22. The lowest BCUT2D eigenvalue weighted by atomic mass is 9.96. The van der Waals surface area contributed by atoms with Crippen molar-refractivity contribution in [1.29, 1.82) is 0 Å². The quantitative estimate of drug-likeness (QED) is 0.563. The van der Waals surface area contributed by atoms with Gasteiger partial charge in [-0.1, -0.05) is 84.1 Å². The number of rotatable bonds is 3. The SMILES string of the molecule is O=c1c(=Cc2ccc(O)cc2)sc2n1[C@H](c1ccccc1)C(c1ccccc1)=NN=2. The molecule has 0 bridgehead atoms. The third kappa shape index (κ3) is 3.27. The molecule has 0 unspecified atom stereocenters. The Kier molecular flexibility index (Phi) is 4.61. The van der Waals surface area contributed by atoms with Crippen LogP contribution in [0.3, 0.4) is 0 Å². The fourth-order valence-electron chi connectivity index (χ4n) is 3.55. The molecule has 0 aliphatic carbocycles. The van der Waals surface area contributed by atoms with E-state index in [9.17, 15) is 9.90 Å². The number of phenols is 1. The van der Waals surface area contributed by atoms with E-state index in [0.717, 1.165) is 22.4 Å². The van der Waals surface area contributed by atoms with Gasteiger partial charge in [0.2, 0.25) is 4.80 Å². The van der Waals surface area contributed by atoms with Gasteiger partial charge in [-0.2, -0.15) is 0 Å². The molecule has 0 spiro atoms. The van der Waals surface area contributed by atoms with Crippen LogP contribution in [0.5, 0.6) is 5.75 Å². The fraction of sp³-hybridized carbons (Fsp3) is 0.0417. The molecule has 30 heavy (non-hydrogen) atoms. The average Bonchev–Trinajstić information content (AvgIpc) is 3.11.